The van der Waals surface area contributed by atoms with Crippen LogP contribution in [0.5, 0.6) is 0 Å². The van der Waals surface area contributed by atoms with E-state index in [1.165, 1.54) is 18.5 Å². The Kier molecular flexibility index (Phi) is 5.35. The van der Waals surface area contributed by atoms with E-state index in [0.717, 1.165) is 57.1 Å². The molecule has 2 fully saturated rings. The number of hydrogen-bond donors (Lipinski definition) is 1. The fourth-order valence-electron chi connectivity index (χ4n) is 5.06. The summed E-state index contributed by atoms with van der Waals surface area (Å²) in [6, 6.07) is 11.2. The Morgan fingerprint density at radius 1 is 1.00 bits per heavy atom. The number of piperidine rings is 1. The van der Waals surface area contributed by atoms with E-state index in [-0.39, 0.29) is 6.10 Å². The number of benzene rings is 1. The van der Waals surface area contributed by atoms with Crippen LogP contribution < -0.4 is 10.6 Å². The zero-order chi connectivity index (χ0) is 22.2. The highest BCUT2D eigenvalue weighted by Crippen LogP contribution is 2.29. The molecule has 0 spiro atoms. The third kappa shape index (κ3) is 4.02. The Bertz CT molecular complexity index is 1150. The number of morpholine rings is 1. The Hall–Kier alpha value is -3.17. The standard InChI is InChI=1S/C24H29N7O2/c25-24-26-20(16-22-27-23(28-31(22)24)21-5-2-12-33-21)17-3-1-4-19(15-17)29-8-6-18(7-9-29)30-10-13-32-14-11-30/h1-4,12,15-16,18,21H,5-11,13-14H2,(H2,25,26). The molecular formula is C24H29N7O2. The van der Waals surface area contributed by atoms with Gasteiger partial charge >= 0.3 is 0 Å². The van der Waals surface area contributed by atoms with Gasteiger partial charge in [-0.05, 0) is 31.1 Å². The van der Waals surface area contributed by atoms with E-state index >= 15 is 0 Å². The third-order valence-corrected chi connectivity index (χ3v) is 6.88. The summed E-state index contributed by atoms with van der Waals surface area (Å²) >= 11 is 0. The highest BCUT2D eigenvalue weighted by molar-refractivity contribution is 5.69. The molecule has 2 aromatic heterocycles. The molecule has 0 bridgehead atoms. The summed E-state index contributed by atoms with van der Waals surface area (Å²) in [5, 5.41) is 4.50. The fraction of sp³-hybridized carbons (Fsp3) is 0.458. The average Bonchev–Trinajstić information content (AvgIpc) is 3.55. The molecule has 0 saturated carbocycles. The van der Waals surface area contributed by atoms with Crippen molar-refractivity contribution in [1.82, 2.24) is 24.5 Å². The van der Waals surface area contributed by atoms with Crippen LogP contribution in [0.2, 0.25) is 0 Å². The lowest BCUT2D eigenvalue weighted by Crippen LogP contribution is -2.49. The smallest absolute Gasteiger partial charge is 0.223 e. The quantitative estimate of drug-likeness (QED) is 0.652. The van der Waals surface area contributed by atoms with E-state index in [2.05, 4.69) is 49.1 Å². The van der Waals surface area contributed by atoms with Gasteiger partial charge in [0.15, 0.2) is 17.6 Å². The molecule has 9 heteroatoms. The molecule has 3 aliphatic rings. The minimum absolute atomic E-state index is 0.156. The number of aromatic nitrogens is 4. The number of anilines is 2. The first-order chi connectivity index (χ1) is 16.2. The molecule has 1 unspecified atom stereocenters. The fourth-order valence-corrected chi connectivity index (χ4v) is 5.06. The summed E-state index contributed by atoms with van der Waals surface area (Å²) in [6.45, 7) is 5.96. The van der Waals surface area contributed by atoms with Gasteiger partial charge in [0, 0.05) is 56.0 Å². The summed E-state index contributed by atoms with van der Waals surface area (Å²) in [5.74, 6) is 0.950. The second-order valence-electron chi connectivity index (χ2n) is 8.89. The molecule has 1 aromatic carbocycles. The lowest BCUT2D eigenvalue weighted by Gasteiger charge is -2.40. The first-order valence-electron chi connectivity index (χ1n) is 11.8. The predicted octanol–water partition coefficient (Wildman–Crippen LogP) is 2.65. The van der Waals surface area contributed by atoms with Crippen molar-refractivity contribution in [3.8, 4) is 11.3 Å². The van der Waals surface area contributed by atoms with Crippen LogP contribution in [0.3, 0.4) is 0 Å². The molecule has 6 rings (SSSR count). The summed E-state index contributed by atoms with van der Waals surface area (Å²) < 4.78 is 12.7. The third-order valence-electron chi connectivity index (χ3n) is 6.88. The molecule has 2 saturated heterocycles. The maximum Gasteiger partial charge on any atom is 0.223 e. The van der Waals surface area contributed by atoms with Crippen LogP contribution in [-0.2, 0) is 9.47 Å². The number of fused-ring (bicyclic) bond motifs is 1. The van der Waals surface area contributed by atoms with Crippen LogP contribution in [0.15, 0.2) is 42.7 Å². The minimum atomic E-state index is -0.156. The average molecular weight is 448 g/mol. The van der Waals surface area contributed by atoms with E-state index in [9.17, 15) is 0 Å². The van der Waals surface area contributed by atoms with Crippen LogP contribution in [0.1, 0.15) is 31.2 Å². The lowest BCUT2D eigenvalue weighted by molar-refractivity contribution is 0.0115. The monoisotopic (exact) mass is 447 g/mol. The topological polar surface area (TPSA) is 94.0 Å². The van der Waals surface area contributed by atoms with E-state index in [4.69, 9.17) is 15.2 Å². The number of nitrogen functional groups attached to an aromatic ring is 1. The maximum atomic E-state index is 6.24. The zero-order valence-corrected chi connectivity index (χ0v) is 18.6. The molecule has 2 N–H and O–H groups in total. The second kappa shape index (κ2) is 8.64. The first-order valence-corrected chi connectivity index (χ1v) is 11.8. The Labute approximate surface area is 192 Å². The summed E-state index contributed by atoms with van der Waals surface area (Å²) in [7, 11) is 0. The number of hydrogen-bond acceptors (Lipinski definition) is 8. The molecule has 0 amide bonds. The molecular weight excluding hydrogens is 418 g/mol. The van der Waals surface area contributed by atoms with Gasteiger partial charge < -0.3 is 20.1 Å². The molecule has 0 aliphatic carbocycles. The number of nitrogens with zero attached hydrogens (tertiary/aromatic N) is 6. The summed E-state index contributed by atoms with van der Waals surface area (Å²) in [5.41, 5.74) is 9.97. The predicted molar refractivity (Wildman–Crippen MR) is 126 cm³/mol. The maximum absolute atomic E-state index is 6.24. The van der Waals surface area contributed by atoms with Gasteiger partial charge in [0.2, 0.25) is 5.95 Å². The van der Waals surface area contributed by atoms with Crippen molar-refractivity contribution in [2.45, 2.75) is 31.4 Å². The summed E-state index contributed by atoms with van der Waals surface area (Å²) in [6.07, 6.45) is 6.64. The molecule has 3 aromatic rings. The highest BCUT2D eigenvalue weighted by Gasteiger charge is 2.26. The van der Waals surface area contributed by atoms with E-state index in [1.54, 1.807) is 10.8 Å². The van der Waals surface area contributed by atoms with Crippen molar-refractivity contribution in [2.75, 3.05) is 50.0 Å². The Morgan fingerprint density at radius 2 is 1.85 bits per heavy atom. The van der Waals surface area contributed by atoms with Crippen LogP contribution >= 0.6 is 0 Å². The van der Waals surface area contributed by atoms with Gasteiger partial charge in [0.25, 0.3) is 0 Å². The van der Waals surface area contributed by atoms with Crippen LogP contribution in [0, 0.1) is 0 Å². The molecule has 0 radical (unpaired) electrons. The van der Waals surface area contributed by atoms with Crippen LogP contribution in [0.25, 0.3) is 16.9 Å². The van der Waals surface area contributed by atoms with Crippen molar-refractivity contribution in [3.05, 3.63) is 48.5 Å². The van der Waals surface area contributed by atoms with Crippen molar-refractivity contribution in [2.24, 2.45) is 0 Å². The van der Waals surface area contributed by atoms with Gasteiger partial charge in [-0.1, -0.05) is 12.1 Å². The van der Waals surface area contributed by atoms with Crippen LogP contribution in [0.4, 0.5) is 11.6 Å². The molecule has 3 aliphatic heterocycles. The SMILES string of the molecule is Nc1nc(-c2cccc(N3CCC(N4CCOCC4)CC3)c2)cc2nc(C3CC=CO3)nn12. The normalized spacial score (nSPS) is 22.2. The van der Waals surface area contributed by atoms with E-state index in [0.29, 0.717) is 23.5 Å². The van der Waals surface area contributed by atoms with Gasteiger partial charge in [-0.2, -0.15) is 4.52 Å². The van der Waals surface area contributed by atoms with Crippen molar-refractivity contribution in [3.63, 3.8) is 0 Å². The second-order valence-corrected chi connectivity index (χ2v) is 8.89. The van der Waals surface area contributed by atoms with E-state index < -0.39 is 0 Å². The lowest BCUT2D eigenvalue weighted by atomic mass is 10.0. The Morgan fingerprint density at radius 3 is 2.64 bits per heavy atom. The number of ether oxygens (including phenoxy) is 2. The summed E-state index contributed by atoms with van der Waals surface area (Å²) in [4.78, 5) is 14.3. The van der Waals surface area contributed by atoms with Gasteiger partial charge in [0.05, 0.1) is 25.2 Å². The van der Waals surface area contributed by atoms with Gasteiger partial charge in [0.1, 0.15) is 0 Å². The molecule has 9 nitrogen and oxygen atoms in total. The largest absolute Gasteiger partial charge is 0.490 e. The highest BCUT2D eigenvalue weighted by atomic mass is 16.5. The van der Waals surface area contributed by atoms with E-state index in [1.807, 2.05) is 12.1 Å². The van der Waals surface area contributed by atoms with Crippen molar-refractivity contribution in [1.29, 1.82) is 0 Å². The molecule has 5 heterocycles. The Balaban J connectivity index is 1.21. The van der Waals surface area contributed by atoms with Gasteiger partial charge in [-0.15, -0.1) is 5.10 Å². The first kappa shape index (κ1) is 20.4. The molecule has 33 heavy (non-hydrogen) atoms. The molecule has 1 atom stereocenters. The minimum Gasteiger partial charge on any atom is -0.490 e. The molecule has 172 valence electrons. The van der Waals surface area contributed by atoms with Crippen LogP contribution in [-0.4, -0.2) is 69.9 Å². The van der Waals surface area contributed by atoms with Crippen molar-refractivity contribution < 1.29 is 9.47 Å². The van der Waals surface area contributed by atoms with Gasteiger partial charge in [-0.25, -0.2) is 9.97 Å². The zero-order valence-electron chi connectivity index (χ0n) is 18.6. The number of nitrogens with two attached hydrogens (primary N) is 1. The number of rotatable bonds is 4. The van der Waals surface area contributed by atoms with Crippen molar-refractivity contribution >= 4 is 17.3 Å². The van der Waals surface area contributed by atoms with Gasteiger partial charge in [-0.3, -0.25) is 4.90 Å².